The first-order chi connectivity index (χ1) is 14.1. The van der Waals surface area contributed by atoms with E-state index >= 15 is 0 Å². The number of halogens is 1. The van der Waals surface area contributed by atoms with Crippen LogP contribution in [0, 0.1) is 5.82 Å². The summed E-state index contributed by atoms with van der Waals surface area (Å²) in [5, 5.41) is 0. The number of anilines is 1. The van der Waals surface area contributed by atoms with Crippen molar-refractivity contribution in [3.63, 3.8) is 0 Å². The molecule has 0 radical (unpaired) electrons. The van der Waals surface area contributed by atoms with Gasteiger partial charge in [-0.3, -0.25) is 14.3 Å². The molecule has 4 rings (SSSR count). The topological polar surface area (TPSA) is 60.2 Å². The third-order valence-electron chi connectivity index (χ3n) is 5.39. The second-order valence-electron chi connectivity index (χ2n) is 7.20. The molecule has 3 heterocycles. The summed E-state index contributed by atoms with van der Waals surface area (Å²) < 4.78 is 20.5. The van der Waals surface area contributed by atoms with Crippen molar-refractivity contribution in [2.75, 3.05) is 18.6 Å². The number of benzene rings is 1. The molecule has 1 unspecified atom stereocenters. The molecule has 3 aromatic rings. The van der Waals surface area contributed by atoms with Gasteiger partial charge in [-0.2, -0.15) is 0 Å². The smallest absolute Gasteiger partial charge is 0.255 e. The van der Waals surface area contributed by atoms with Crippen molar-refractivity contribution >= 4 is 5.95 Å². The van der Waals surface area contributed by atoms with Gasteiger partial charge in [-0.1, -0.05) is 6.07 Å². The van der Waals surface area contributed by atoms with Crippen LogP contribution in [0.5, 0.6) is 5.75 Å². The molecule has 1 aliphatic heterocycles. The molecule has 0 aliphatic carbocycles. The Morgan fingerprint density at radius 1 is 1.21 bits per heavy atom. The van der Waals surface area contributed by atoms with Crippen LogP contribution in [-0.2, 0) is 13.0 Å². The maximum absolute atomic E-state index is 13.5. The quantitative estimate of drug-likeness (QED) is 0.665. The highest BCUT2D eigenvalue weighted by atomic mass is 19.1. The van der Waals surface area contributed by atoms with Crippen molar-refractivity contribution in [2.24, 2.45) is 0 Å². The molecule has 0 bridgehead atoms. The van der Waals surface area contributed by atoms with Crippen molar-refractivity contribution in [1.82, 2.24) is 14.5 Å². The van der Waals surface area contributed by atoms with Gasteiger partial charge in [-0.25, -0.2) is 9.37 Å². The Morgan fingerprint density at radius 2 is 2.00 bits per heavy atom. The molecule has 0 fully saturated rings. The lowest BCUT2D eigenvalue weighted by molar-refractivity contribution is 0.404. The highest BCUT2D eigenvalue weighted by Crippen LogP contribution is 2.26. The molecule has 1 aromatic carbocycles. The van der Waals surface area contributed by atoms with Crippen molar-refractivity contribution in [3.8, 4) is 17.0 Å². The predicted octanol–water partition coefficient (Wildman–Crippen LogP) is 3.29. The Kier molecular flexibility index (Phi) is 5.29. The summed E-state index contributed by atoms with van der Waals surface area (Å²) in [6.07, 6.45) is 4.90. The van der Waals surface area contributed by atoms with Gasteiger partial charge in [0.05, 0.1) is 12.8 Å². The van der Waals surface area contributed by atoms with E-state index in [1.54, 1.807) is 36.2 Å². The summed E-state index contributed by atoms with van der Waals surface area (Å²) in [4.78, 5) is 23.7. The molecule has 0 saturated heterocycles. The first-order valence-electron chi connectivity index (χ1n) is 9.68. The first-order valence-corrected chi connectivity index (χ1v) is 9.68. The Hall–Kier alpha value is -3.22. The molecular weight excluding hydrogens is 371 g/mol. The molecule has 1 atom stereocenters. The van der Waals surface area contributed by atoms with Gasteiger partial charge in [0.15, 0.2) is 0 Å². The summed E-state index contributed by atoms with van der Waals surface area (Å²) in [7, 11) is 1.54. The average Bonchev–Trinajstić information content (AvgIpc) is 2.74. The Morgan fingerprint density at radius 3 is 2.76 bits per heavy atom. The summed E-state index contributed by atoms with van der Waals surface area (Å²) in [6, 6.07) is 10.1. The molecule has 0 N–H and O–H groups in total. The Bertz CT molecular complexity index is 1070. The van der Waals surface area contributed by atoms with E-state index in [9.17, 15) is 9.18 Å². The van der Waals surface area contributed by atoms with E-state index in [0.29, 0.717) is 36.9 Å². The number of ether oxygens (including phenoxy) is 1. The third kappa shape index (κ3) is 3.85. The van der Waals surface area contributed by atoms with Gasteiger partial charge in [-0.15, -0.1) is 0 Å². The van der Waals surface area contributed by atoms with Crippen LogP contribution in [0.15, 0.2) is 53.6 Å². The van der Waals surface area contributed by atoms with E-state index in [2.05, 4.69) is 16.8 Å². The van der Waals surface area contributed by atoms with Crippen LogP contribution in [0.2, 0.25) is 0 Å². The largest absolute Gasteiger partial charge is 0.496 e. The zero-order chi connectivity index (χ0) is 20.4. The van der Waals surface area contributed by atoms with Crippen LogP contribution in [0.3, 0.4) is 0 Å². The van der Waals surface area contributed by atoms with Gasteiger partial charge in [0.1, 0.15) is 11.6 Å². The van der Waals surface area contributed by atoms with Gasteiger partial charge in [0.25, 0.3) is 5.56 Å². The lowest BCUT2D eigenvalue weighted by atomic mass is 10.1. The van der Waals surface area contributed by atoms with Crippen molar-refractivity contribution < 1.29 is 9.13 Å². The third-order valence-corrected chi connectivity index (χ3v) is 5.39. The standard InChI is InChI=1S/C22H23FN4O2/c1-15-7-11-27-21(28)14-19(16-5-9-24-10-6-16)25-22(27)26(15)12-8-17-3-4-18(23)13-20(17)29-2/h3-6,9-10,13-15H,7-8,11-12H2,1-2H3. The number of pyridine rings is 1. The highest BCUT2D eigenvalue weighted by molar-refractivity contribution is 5.59. The molecule has 7 heteroatoms. The van der Waals surface area contributed by atoms with E-state index in [1.165, 1.54) is 12.1 Å². The van der Waals surface area contributed by atoms with Gasteiger partial charge < -0.3 is 9.64 Å². The minimum atomic E-state index is -0.322. The van der Waals surface area contributed by atoms with Gasteiger partial charge in [0.2, 0.25) is 5.95 Å². The van der Waals surface area contributed by atoms with Crippen molar-refractivity contribution in [3.05, 3.63) is 70.5 Å². The summed E-state index contributed by atoms with van der Waals surface area (Å²) in [6.45, 7) is 3.43. The van der Waals surface area contributed by atoms with E-state index in [1.807, 2.05) is 12.1 Å². The number of nitrogens with zero attached hydrogens (tertiary/aromatic N) is 4. The Labute approximate surface area is 168 Å². The average molecular weight is 394 g/mol. The number of fused-ring (bicyclic) bond motifs is 1. The number of methoxy groups -OCH3 is 1. The number of aromatic nitrogens is 3. The van der Waals surface area contributed by atoms with Crippen LogP contribution in [-0.4, -0.2) is 34.2 Å². The van der Waals surface area contributed by atoms with E-state index in [-0.39, 0.29) is 17.4 Å². The zero-order valence-electron chi connectivity index (χ0n) is 16.5. The van der Waals surface area contributed by atoms with Gasteiger partial charge in [-0.05, 0) is 43.5 Å². The lowest BCUT2D eigenvalue weighted by Crippen LogP contribution is -2.45. The molecule has 0 spiro atoms. The number of hydrogen-bond acceptors (Lipinski definition) is 5. The molecule has 2 aromatic heterocycles. The second-order valence-corrected chi connectivity index (χ2v) is 7.20. The minimum absolute atomic E-state index is 0.0573. The van der Waals surface area contributed by atoms with E-state index in [0.717, 1.165) is 17.5 Å². The number of rotatable bonds is 5. The molecule has 29 heavy (non-hydrogen) atoms. The van der Waals surface area contributed by atoms with Crippen LogP contribution in [0.4, 0.5) is 10.3 Å². The fraction of sp³-hybridized carbons (Fsp3) is 0.318. The van der Waals surface area contributed by atoms with Gasteiger partial charge >= 0.3 is 0 Å². The Balaban J connectivity index is 1.67. The summed E-state index contributed by atoms with van der Waals surface area (Å²) in [5.74, 6) is 0.882. The van der Waals surface area contributed by atoms with Crippen LogP contribution in [0.1, 0.15) is 18.9 Å². The minimum Gasteiger partial charge on any atom is -0.496 e. The molecular formula is C22H23FN4O2. The normalized spacial score (nSPS) is 15.8. The predicted molar refractivity (Wildman–Crippen MR) is 110 cm³/mol. The second kappa shape index (κ2) is 8.03. The molecule has 0 amide bonds. The first kappa shape index (κ1) is 19.1. The summed E-state index contributed by atoms with van der Waals surface area (Å²) in [5.41, 5.74) is 2.37. The summed E-state index contributed by atoms with van der Waals surface area (Å²) >= 11 is 0. The lowest BCUT2D eigenvalue weighted by Gasteiger charge is -2.36. The fourth-order valence-electron chi connectivity index (χ4n) is 3.75. The van der Waals surface area contributed by atoms with Crippen LogP contribution >= 0.6 is 0 Å². The van der Waals surface area contributed by atoms with Crippen molar-refractivity contribution in [1.29, 1.82) is 0 Å². The molecule has 150 valence electrons. The van der Waals surface area contributed by atoms with Crippen molar-refractivity contribution in [2.45, 2.75) is 32.4 Å². The highest BCUT2D eigenvalue weighted by Gasteiger charge is 2.26. The maximum atomic E-state index is 13.5. The van der Waals surface area contributed by atoms with Crippen LogP contribution in [0.25, 0.3) is 11.3 Å². The van der Waals surface area contributed by atoms with Gasteiger partial charge in [0, 0.05) is 49.2 Å². The maximum Gasteiger partial charge on any atom is 0.255 e. The zero-order valence-corrected chi connectivity index (χ0v) is 16.5. The number of hydrogen-bond donors (Lipinski definition) is 0. The SMILES string of the molecule is COc1cc(F)ccc1CCN1c2nc(-c3ccncc3)cc(=O)n2CCC1C. The molecule has 1 aliphatic rings. The van der Waals surface area contributed by atoms with E-state index in [4.69, 9.17) is 9.72 Å². The van der Waals surface area contributed by atoms with E-state index < -0.39 is 0 Å². The molecule has 6 nitrogen and oxygen atoms in total. The molecule has 0 saturated carbocycles. The fourth-order valence-corrected chi connectivity index (χ4v) is 3.75. The monoisotopic (exact) mass is 394 g/mol. The van der Waals surface area contributed by atoms with Crippen LogP contribution < -0.4 is 15.2 Å².